The topological polar surface area (TPSA) is 95.9 Å². The van der Waals surface area contributed by atoms with Crippen molar-refractivity contribution in [3.8, 4) is 5.75 Å². The molecule has 0 spiro atoms. The Kier molecular flexibility index (Phi) is 4.97. The molecule has 0 saturated heterocycles. The van der Waals surface area contributed by atoms with Crippen LogP contribution in [0.25, 0.3) is 0 Å². The van der Waals surface area contributed by atoms with E-state index in [1.165, 1.54) is 6.92 Å². The summed E-state index contributed by atoms with van der Waals surface area (Å²) in [6.07, 6.45) is 0. The number of alkyl halides is 3. The molecule has 0 aliphatic carbocycles. The highest BCUT2D eigenvalue weighted by Crippen LogP contribution is 2.25. The predicted molar refractivity (Wildman–Crippen MR) is 68.4 cm³/mol. The van der Waals surface area contributed by atoms with E-state index in [4.69, 9.17) is 4.74 Å². The second-order valence-electron chi connectivity index (χ2n) is 4.01. The van der Waals surface area contributed by atoms with E-state index in [0.29, 0.717) is 0 Å². The van der Waals surface area contributed by atoms with Gasteiger partial charge in [0.2, 0.25) is 0 Å². The molecule has 0 saturated carbocycles. The molecule has 0 aliphatic heterocycles. The van der Waals surface area contributed by atoms with E-state index in [-0.39, 0.29) is 11.3 Å². The molecule has 0 aliphatic rings. The van der Waals surface area contributed by atoms with E-state index in [2.05, 4.69) is 11.0 Å². The van der Waals surface area contributed by atoms with Crippen LogP contribution in [0.5, 0.6) is 5.75 Å². The second kappa shape index (κ2) is 6.18. The van der Waals surface area contributed by atoms with Gasteiger partial charge in [0.25, 0.3) is 0 Å². The Bertz CT molecular complexity index is 720. The quantitative estimate of drug-likeness (QED) is 0.270. The lowest BCUT2D eigenvalue weighted by molar-refractivity contribution is -0.212. The van der Waals surface area contributed by atoms with Crippen LogP contribution in [-0.4, -0.2) is 25.8 Å². The van der Waals surface area contributed by atoms with Gasteiger partial charge in [0, 0.05) is 11.5 Å². The molecule has 10 heteroatoms. The lowest BCUT2D eigenvalue weighted by atomic mass is 10.2. The third kappa shape index (κ3) is 4.32. The van der Waals surface area contributed by atoms with Gasteiger partial charge in [-0.2, -0.15) is 26.0 Å². The summed E-state index contributed by atoms with van der Waals surface area (Å²) < 4.78 is 64.7. The fourth-order valence-electron chi connectivity index (χ4n) is 1.07. The fourth-order valence-corrected chi connectivity index (χ4v) is 1.50. The number of esters is 1. The molecule has 120 valence electrons. The summed E-state index contributed by atoms with van der Waals surface area (Å²) in [5.74, 6) is -2.32. The Labute approximate surface area is 123 Å². The smallest absolute Gasteiger partial charge is 0.518 e. The standard InChI is InChI=1S/C12H10F3NO5S/c1-7(2)11(18)21-9-5-3-8(4-6-9)10(17)16-22(19,20)12(13,14)15/h3-6H,1H2,2H3,(H,16,17)/p-1. The molecule has 1 aromatic rings. The Balaban J connectivity index is 3.01. The van der Waals surface area contributed by atoms with Crippen LogP contribution in [0.15, 0.2) is 40.8 Å². The fraction of sp³-hybridized carbons (Fsp3) is 0.167. The first kappa shape index (κ1) is 17.7. The van der Waals surface area contributed by atoms with Crippen molar-refractivity contribution in [3.05, 3.63) is 42.0 Å². The van der Waals surface area contributed by atoms with Gasteiger partial charge in [0.15, 0.2) is 0 Å². The summed E-state index contributed by atoms with van der Waals surface area (Å²) in [7, 11) is -5.91. The predicted octanol–water partition coefficient (Wildman–Crippen LogP) is 1.12. The van der Waals surface area contributed by atoms with E-state index < -0.39 is 33.0 Å². The molecule has 0 unspecified atom stereocenters. The highest BCUT2D eigenvalue weighted by atomic mass is 32.2. The molecule has 0 radical (unpaired) electrons. The van der Waals surface area contributed by atoms with Crippen molar-refractivity contribution < 1.29 is 36.2 Å². The number of carbonyl (C=O) groups is 1. The lowest BCUT2D eigenvalue weighted by Crippen LogP contribution is -2.27. The summed E-state index contributed by atoms with van der Waals surface area (Å²) in [4.78, 5) is 11.2. The van der Waals surface area contributed by atoms with Gasteiger partial charge in [0.05, 0.1) is 0 Å². The van der Waals surface area contributed by atoms with Crippen LogP contribution in [0.4, 0.5) is 13.2 Å². The van der Waals surface area contributed by atoms with Gasteiger partial charge in [-0.1, -0.05) is 18.7 Å². The van der Waals surface area contributed by atoms with E-state index in [0.717, 1.165) is 24.3 Å². The van der Waals surface area contributed by atoms with Crippen molar-refractivity contribution in [3.63, 3.8) is 0 Å². The number of nitrogens with zero attached hydrogens (tertiary/aromatic N) is 1. The van der Waals surface area contributed by atoms with Crippen molar-refractivity contribution in [2.24, 2.45) is 4.40 Å². The van der Waals surface area contributed by atoms with Gasteiger partial charge in [-0.25, -0.2) is 4.79 Å². The van der Waals surface area contributed by atoms with E-state index >= 15 is 0 Å². The average molecular weight is 336 g/mol. The van der Waals surface area contributed by atoms with Crippen molar-refractivity contribution in [2.75, 3.05) is 0 Å². The molecule has 0 atom stereocenters. The maximum atomic E-state index is 12.1. The summed E-state index contributed by atoms with van der Waals surface area (Å²) in [5.41, 5.74) is -5.95. The number of rotatable bonds is 4. The average Bonchev–Trinajstić information content (AvgIpc) is 2.37. The Morgan fingerprint density at radius 2 is 1.77 bits per heavy atom. The Morgan fingerprint density at radius 1 is 1.27 bits per heavy atom. The monoisotopic (exact) mass is 336 g/mol. The zero-order chi connectivity index (χ0) is 17.1. The molecular weight excluding hydrogens is 327 g/mol. The number of hydrogen-bond acceptors (Lipinski definition) is 5. The maximum Gasteiger partial charge on any atom is 0.518 e. The molecule has 1 aromatic carbocycles. The summed E-state index contributed by atoms with van der Waals surface area (Å²) in [6.45, 7) is 4.75. The number of halogens is 3. The molecule has 22 heavy (non-hydrogen) atoms. The first-order valence-electron chi connectivity index (χ1n) is 5.50. The van der Waals surface area contributed by atoms with Gasteiger partial charge >= 0.3 is 21.5 Å². The highest BCUT2D eigenvalue weighted by molar-refractivity contribution is 7.91. The zero-order valence-electron chi connectivity index (χ0n) is 11.0. The Morgan fingerprint density at radius 3 is 2.18 bits per heavy atom. The minimum absolute atomic E-state index is 0.00299. The molecule has 1 rings (SSSR count). The molecule has 0 aromatic heterocycles. The van der Waals surface area contributed by atoms with Crippen molar-refractivity contribution in [1.82, 2.24) is 0 Å². The van der Waals surface area contributed by atoms with Crippen LogP contribution in [-0.2, 0) is 14.8 Å². The number of carbonyl (C=O) groups excluding carboxylic acids is 1. The SMILES string of the molecule is C=C(C)C(=O)Oc1ccc(/C([O-])=N/S(=O)(=O)C(F)(F)F)cc1. The second-order valence-corrected chi connectivity index (χ2v) is 5.61. The van der Waals surface area contributed by atoms with E-state index in [1.807, 2.05) is 0 Å². The molecule has 0 heterocycles. The minimum atomic E-state index is -5.91. The third-order valence-electron chi connectivity index (χ3n) is 2.16. The minimum Gasteiger partial charge on any atom is -0.858 e. The number of ether oxygens (including phenoxy) is 1. The van der Waals surface area contributed by atoms with E-state index in [9.17, 15) is 31.5 Å². The van der Waals surface area contributed by atoms with Gasteiger partial charge in [0.1, 0.15) is 5.75 Å². The van der Waals surface area contributed by atoms with Crippen LogP contribution < -0.4 is 9.84 Å². The summed E-state index contributed by atoms with van der Waals surface area (Å²) in [5, 5.41) is 11.4. The first-order valence-corrected chi connectivity index (χ1v) is 6.94. The lowest BCUT2D eigenvalue weighted by Gasteiger charge is -2.12. The molecule has 6 nitrogen and oxygen atoms in total. The van der Waals surface area contributed by atoms with Crippen LogP contribution in [0.3, 0.4) is 0 Å². The van der Waals surface area contributed by atoms with Gasteiger partial charge in [-0.05, 0) is 24.6 Å². The van der Waals surface area contributed by atoms with Gasteiger partial charge in [-0.15, -0.1) is 0 Å². The molecule has 0 bridgehead atoms. The largest absolute Gasteiger partial charge is 0.858 e. The van der Waals surface area contributed by atoms with Crippen LogP contribution >= 0.6 is 0 Å². The van der Waals surface area contributed by atoms with E-state index in [1.54, 1.807) is 0 Å². The van der Waals surface area contributed by atoms with Crippen molar-refractivity contribution in [2.45, 2.75) is 12.4 Å². The maximum absolute atomic E-state index is 12.1. The first-order chi connectivity index (χ1) is 9.94. The molecule has 0 fully saturated rings. The third-order valence-corrected chi connectivity index (χ3v) is 3.15. The number of benzene rings is 1. The van der Waals surface area contributed by atoms with Crippen LogP contribution in [0, 0.1) is 0 Å². The molecule has 0 amide bonds. The molecular formula is C12H9F3NO5S-. The van der Waals surface area contributed by atoms with Crippen LogP contribution in [0.2, 0.25) is 0 Å². The number of hydrogen-bond donors (Lipinski definition) is 0. The highest BCUT2D eigenvalue weighted by Gasteiger charge is 2.45. The van der Waals surface area contributed by atoms with Crippen molar-refractivity contribution in [1.29, 1.82) is 0 Å². The van der Waals surface area contributed by atoms with Crippen LogP contribution in [0.1, 0.15) is 12.5 Å². The van der Waals surface area contributed by atoms with Crippen molar-refractivity contribution >= 4 is 21.9 Å². The summed E-state index contributed by atoms with van der Waals surface area (Å²) >= 11 is 0. The summed E-state index contributed by atoms with van der Waals surface area (Å²) in [6, 6.07) is 4.14. The number of sulfonamides is 1. The zero-order valence-corrected chi connectivity index (χ0v) is 11.9. The Hall–Kier alpha value is -2.36. The van der Waals surface area contributed by atoms with Gasteiger partial charge in [-0.3, -0.25) is 0 Å². The molecule has 0 N–H and O–H groups in total. The normalized spacial score (nSPS) is 12.8. The van der Waals surface area contributed by atoms with Gasteiger partial charge < -0.3 is 9.84 Å².